The second-order valence-electron chi connectivity index (χ2n) is 5.24. The van der Waals surface area contributed by atoms with Crippen LogP contribution in [0, 0.1) is 0 Å². The quantitative estimate of drug-likeness (QED) is 0.814. The van der Waals surface area contributed by atoms with Gasteiger partial charge in [-0.25, -0.2) is 9.59 Å². The van der Waals surface area contributed by atoms with E-state index in [0.29, 0.717) is 11.3 Å². The molecule has 1 aliphatic rings. The summed E-state index contributed by atoms with van der Waals surface area (Å²) in [6.07, 6.45) is 0. The standard InChI is InChI=1S/C18H21NO6/c1-5-24-18(21)15-14(11-8-6-7-9-12(11)22-3)13(17(20)23-4)10(2)25-16(15)19/h6-9,14H,5,19H2,1-4H3. The second-order valence-corrected chi connectivity index (χ2v) is 5.24. The number of ether oxygens (including phenoxy) is 4. The zero-order valence-corrected chi connectivity index (χ0v) is 14.6. The fraction of sp³-hybridized carbons (Fsp3) is 0.333. The number of esters is 2. The molecule has 0 aliphatic carbocycles. The summed E-state index contributed by atoms with van der Waals surface area (Å²) in [5.74, 6) is -1.46. The Hall–Kier alpha value is -2.96. The highest BCUT2D eigenvalue weighted by Crippen LogP contribution is 2.43. The van der Waals surface area contributed by atoms with Crippen molar-refractivity contribution in [3.63, 3.8) is 0 Å². The molecular weight excluding hydrogens is 326 g/mol. The van der Waals surface area contributed by atoms with Crippen molar-refractivity contribution in [2.24, 2.45) is 5.73 Å². The molecule has 7 nitrogen and oxygen atoms in total. The first kappa shape index (κ1) is 18.4. The van der Waals surface area contributed by atoms with Gasteiger partial charge >= 0.3 is 11.9 Å². The van der Waals surface area contributed by atoms with Gasteiger partial charge in [0.05, 0.1) is 32.3 Å². The maximum absolute atomic E-state index is 12.5. The number of hydrogen-bond donors (Lipinski definition) is 1. The maximum atomic E-state index is 12.5. The predicted molar refractivity (Wildman–Crippen MR) is 89.4 cm³/mol. The van der Waals surface area contributed by atoms with Crippen molar-refractivity contribution in [1.29, 1.82) is 0 Å². The highest BCUT2D eigenvalue weighted by molar-refractivity contribution is 5.99. The van der Waals surface area contributed by atoms with Crippen LogP contribution in [0.15, 0.2) is 47.1 Å². The number of benzene rings is 1. The number of methoxy groups -OCH3 is 2. The van der Waals surface area contributed by atoms with E-state index in [1.165, 1.54) is 14.2 Å². The van der Waals surface area contributed by atoms with E-state index in [0.717, 1.165) is 0 Å². The molecule has 0 spiro atoms. The molecule has 1 atom stereocenters. The van der Waals surface area contributed by atoms with Gasteiger partial charge in [0.15, 0.2) is 0 Å². The molecule has 0 radical (unpaired) electrons. The minimum atomic E-state index is -0.823. The molecule has 0 saturated heterocycles. The number of carbonyl (C=O) groups is 2. The van der Waals surface area contributed by atoms with Gasteiger partial charge in [-0.15, -0.1) is 0 Å². The lowest BCUT2D eigenvalue weighted by atomic mass is 9.82. The smallest absolute Gasteiger partial charge is 0.340 e. The number of allylic oxidation sites excluding steroid dienone is 1. The van der Waals surface area contributed by atoms with E-state index in [2.05, 4.69) is 0 Å². The zero-order chi connectivity index (χ0) is 18.6. The van der Waals surface area contributed by atoms with E-state index < -0.39 is 17.9 Å². The molecular formula is C18H21NO6. The van der Waals surface area contributed by atoms with Crippen LogP contribution < -0.4 is 10.5 Å². The second kappa shape index (κ2) is 7.74. The zero-order valence-electron chi connectivity index (χ0n) is 14.6. The third-order valence-corrected chi connectivity index (χ3v) is 3.84. The molecule has 134 valence electrons. The maximum Gasteiger partial charge on any atom is 0.340 e. The molecule has 1 aliphatic heterocycles. The van der Waals surface area contributed by atoms with E-state index in [9.17, 15) is 9.59 Å². The monoisotopic (exact) mass is 347 g/mol. The first-order chi connectivity index (χ1) is 12.0. The molecule has 7 heteroatoms. The van der Waals surface area contributed by atoms with Gasteiger partial charge in [0.25, 0.3) is 0 Å². The van der Waals surface area contributed by atoms with Crippen LogP contribution in [0.5, 0.6) is 5.75 Å². The summed E-state index contributed by atoms with van der Waals surface area (Å²) in [7, 11) is 2.76. The van der Waals surface area contributed by atoms with Crippen LogP contribution in [0.3, 0.4) is 0 Å². The third-order valence-electron chi connectivity index (χ3n) is 3.84. The minimum absolute atomic E-state index is 0.0392. The molecule has 0 aromatic heterocycles. The normalized spacial score (nSPS) is 17.0. The fourth-order valence-corrected chi connectivity index (χ4v) is 2.78. The Bertz CT molecular complexity index is 750. The molecule has 2 N–H and O–H groups in total. The van der Waals surface area contributed by atoms with Crippen molar-refractivity contribution in [2.45, 2.75) is 19.8 Å². The van der Waals surface area contributed by atoms with Crippen LogP contribution in [0.25, 0.3) is 0 Å². The van der Waals surface area contributed by atoms with Crippen LogP contribution in [0.4, 0.5) is 0 Å². The molecule has 0 bridgehead atoms. The first-order valence-corrected chi connectivity index (χ1v) is 7.72. The van der Waals surface area contributed by atoms with Crippen LogP contribution in [0.1, 0.15) is 25.3 Å². The summed E-state index contributed by atoms with van der Waals surface area (Å²) >= 11 is 0. The highest BCUT2D eigenvalue weighted by atomic mass is 16.5. The Balaban J connectivity index is 2.72. The Morgan fingerprint density at radius 1 is 1.16 bits per heavy atom. The Morgan fingerprint density at radius 3 is 2.44 bits per heavy atom. The average molecular weight is 347 g/mol. The van der Waals surface area contributed by atoms with Gasteiger partial charge in [-0.3, -0.25) is 0 Å². The lowest BCUT2D eigenvalue weighted by Crippen LogP contribution is -2.30. The van der Waals surface area contributed by atoms with Crippen molar-refractivity contribution in [2.75, 3.05) is 20.8 Å². The largest absolute Gasteiger partial charge is 0.496 e. The SMILES string of the molecule is CCOC(=O)C1=C(N)OC(C)=C(C(=O)OC)C1c1ccccc1OC. The van der Waals surface area contributed by atoms with Crippen LogP contribution in [-0.4, -0.2) is 32.8 Å². The van der Waals surface area contributed by atoms with Crippen molar-refractivity contribution in [3.05, 3.63) is 52.6 Å². The molecule has 0 amide bonds. The van der Waals surface area contributed by atoms with Gasteiger partial charge in [-0.1, -0.05) is 18.2 Å². The van der Waals surface area contributed by atoms with E-state index in [4.69, 9.17) is 24.7 Å². The Kier molecular flexibility index (Phi) is 5.69. The van der Waals surface area contributed by atoms with E-state index in [-0.39, 0.29) is 29.4 Å². The van der Waals surface area contributed by atoms with Crippen molar-refractivity contribution >= 4 is 11.9 Å². The third kappa shape index (κ3) is 3.45. The molecule has 0 fully saturated rings. The Morgan fingerprint density at radius 2 is 1.84 bits per heavy atom. The summed E-state index contributed by atoms with van der Waals surface area (Å²) in [5.41, 5.74) is 6.75. The molecule has 1 heterocycles. The lowest BCUT2D eigenvalue weighted by Gasteiger charge is -2.29. The first-order valence-electron chi connectivity index (χ1n) is 7.72. The summed E-state index contributed by atoms with van der Waals surface area (Å²) in [6, 6.07) is 7.04. The fourth-order valence-electron chi connectivity index (χ4n) is 2.78. The number of para-hydroxylation sites is 1. The molecule has 1 aromatic rings. The summed E-state index contributed by atoms with van der Waals surface area (Å²) < 4.78 is 20.8. The van der Waals surface area contributed by atoms with Gasteiger partial charge in [0, 0.05) is 5.56 Å². The molecule has 1 aromatic carbocycles. The number of rotatable bonds is 5. The number of hydrogen-bond acceptors (Lipinski definition) is 7. The molecule has 2 rings (SSSR count). The summed E-state index contributed by atoms with van der Waals surface area (Å²) in [5, 5.41) is 0. The number of nitrogens with two attached hydrogens (primary N) is 1. The van der Waals surface area contributed by atoms with E-state index in [1.54, 1.807) is 38.1 Å². The molecule has 0 saturated carbocycles. The van der Waals surface area contributed by atoms with Crippen LogP contribution in [0.2, 0.25) is 0 Å². The molecule has 25 heavy (non-hydrogen) atoms. The van der Waals surface area contributed by atoms with Gasteiger partial charge in [-0.2, -0.15) is 0 Å². The summed E-state index contributed by atoms with van der Waals surface area (Å²) in [4.78, 5) is 24.9. The average Bonchev–Trinajstić information content (AvgIpc) is 2.60. The van der Waals surface area contributed by atoms with Crippen molar-refractivity contribution < 1.29 is 28.5 Å². The topological polar surface area (TPSA) is 97.1 Å². The lowest BCUT2D eigenvalue weighted by molar-refractivity contribution is -0.139. The van der Waals surface area contributed by atoms with Gasteiger partial charge in [0.1, 0.15) is 17.1 Å². The minimum Gasteiger partial charge on any atom is -0.496 e. The van der Waals surface area contributed by atoms with Gasteiger partial charge in [-0.05, 0) is 19.9 Å². The highest BCUT2D eigenvalue weighted by Gasteiger charge is 2.41. The van der Waals surface area contributed by atoms with Crippen molar-refractivity contribution in [1.82, 2.24) is 0 Å². The van der Waals surface area contributed by atoms with Crippen molar-refractivity contribution in [3.8, 4) is 5.75 Å². The summed E-state index contributed by atoms with van der Waals surface area (Å²) in [6.45, 7) is 3.42. The van der Waals surface area contributed by atoms with Crippen LogP contribution in [-0.2, 0) is 23.8 Å². The Labute approximate surface area is 146 Å². The van der Waals surface area contributed by atoms with Crippen LogP contribution >= 0.6 is 0 Å². The number of carbonyl (C=O) groups excluding carboxylic acids is 2. The van der Waals surface area contributed by atoms with Gasteiger partial charge < -0.3 is 24.7 Å². The van der Waals surface area contributed by atoms with Gasteiger partial charge in [0.2, 0.25) is 5.88 Å². The van der Waals surface area contributed by atoms with E-state index in [1.807, 2.05) is 0 Å². The predicted octanol–water partition coefficient (Wildman–Crippen LogP) is 1.99. The molecule has 1 unspecified atom stereocenters. The van der Waals surface area contributed by atoms with E-state index >= 15 is 0 Å².